The molecule has 0 spiro atoms. The maximum absolute atomic E-state index is 13.6. The molecule has 1 heterocycles. The fourth-order valence-corrected chi connectivity index (χ4v) is 6.20. The predicted octanol–water partition coefficient (Wildman–Crippen LogP) is 4.75. The number of hydrogen-bond donors (Lipinski definition) is 0. The molecule has 0 aliphatic rings. The van der Waals surface area contributed by atoms with Gasteiger partial charge in [-0.05, 0) is 44.0 Å². The molecular formula is C24H28F6N2O7S2Si. The molecule has 234 valence electrons. The average Bonchev–Trinajstić information content (AvgIpc) is 3.24. The summed E-state index contributed by atoms with van der Waals surface area (Å²) in [5.74, 6) is 3.68. The zero-order chi connectivity index (χ0) is 32.5. The highest BCUT2D eigenvalue weighted by Gasteiger charge is 2.51. The third-order valence-corrected chi connectivity index (χ3v) is 9.66. The number of hydrogen-bond acceptors (Lipinski definition) is 7. The molecule has 0 fully saturated rings. The van der Waals surface area contributed by atoms with E-state index in [9.17, 15) is 48.0 Å². The summed E-state index contributed by atoms with van der Waals surface area (Å²) in [7, 11) is -15.1. The first-order valence-electron chi connectivity index (χ1n) is 11.9. The molecule has 0 amide bonds. The molecule has 0 saturated carbocycles. The summed E-state index contributed by atoms with van der Waals surface area (Å²) < 4.78 is 139. The van der Waals surface area contributed by atoms with E-state index >= 15 is 0 Å². The van der Waals surface area contributed by atoms with Gasteiger partial charge in [-0.25, -0.2) is 17.8 Å². The Balaban J connectivity index is 2.62. The van der Waals surface area contributed by atoms with E-state index in [1.807, 2.05) is 0 Å². The molecule has 0 N–H and O–H groups in total. The van der Waals surface area contributed by atoms with Crippen molar-refractivity contribution in [3.8, 4) is 17.6 Å². The summed E-state index contributed by atoms with van der Waals surface area (Å²) in [4.78, 5) is 12.4. The van der Waals surface area contributed by atoms with Gasteiger partial charge in [0.1, 0.15) is 17.0 Å². The molecule has 1 aromatic heterocycles. The van der Waals surface area contributed by atoms with E-state index < -0.39 is 75.3 Å². The van der Waals surface area contributed by atoms with Crippen LogP contribution in [-0.4, -0.2) is 63.0 Å². The number of alkyl halides is 6. The molecule has 0 radical (unpaired) electrons. The number of aromatic nitrogens is 1. The number of rotatable bonds is 7. The van der Waals surface area contributed by atoms with E-state index in [0.717, 1.165) is 10.6 Å². The van der Waals surface area contributed by atoms with Gasteiger partial charge in [0.15, 0.2) is 0 Å². The Hall–Kier alpha value is -3.01. The maximum atomic E-state index is 13.6. The number of para-hydroxylation sites is 1. The minimum atomic E-state index is -6.27. The number of carbonyl (C=O) groups is 1. The Bertz CT molecular complexity index is 1590. The molecule has 0 aliphatic heterocycles. The van der Waals surface area contributed by atoms with E-state index in [2.05, 4.69) is 16.0 Å². The molecule has 0 atom stereocenters. The highest BCUT2D eigenvalue weighted by molar-refractivity contribution is 7.90. The third kappa shape index (κ3) is 8.52. The minimum Gasteiger partial charge on any atom is -0.443 e. The zero-order valence-electron chi connectivity index (χ0n) is 23.2. The first kappa shape index (κ1) is 35.2. The first-order valence-corrected chi connectivity index (χ1v) is 18.2. The number of carbonyl (C=O) groups excluding carboxylic acids is 1. The number of halogens is 6. The fourth-order valence-electron chi connectivity index (χ4n) is 3.29. The highest BCUT2D eigenvalue weighted by Crippen LogP contribution is 2.33. The van der Waals surface area contributed by atoms with Gasteiger partial charge in [-0.1, -0.05) is 43.8 Å². The van der Waals surface area contributed by atoms with Gasteiger partial charge < -0.3 is 8.92 Å². The van der Waals surface area contributed by atoms with Gasteiger partial charge in [0.25, 0.3) is 0 Å². The lowest BCUT2D eigenvalue weighted by Gasteiger charge is -2.26. The van der Waals surface area contributed by atoms with Crippen LogP contribution in [-0.2, 0) is 31.4 Å². The molecule has 2 rings (SSSR count). The summed E-state index contributed by atoms with van der Waals surface area (Å²) in [5.41, 5.74) is -13.2. The van der Waals surface area contributed by atoms with Crippen LogP contribution >= 0.6 is 0 Å². The monoisotopic (exact) mass is 662 g/mol. The molecule has 18 heteroatoms. The van der Waals surface area contributed by atoms with Gasteiger partial charge in [-0.3, -0.25) is 0 Å². The smallest absolute Gasteiger partial charge is 0.443 e. The number of sulfonamides is 1. The Labute approximate surface area is 240 Å². The molecular weight excluding hydrogens is 634 g/mol. The maximum Gasteiger partial charge on any atom is 0.534 e. The molecule has 0 aliphatic carbocycles. The average molecular weight is 663 g/mol. The quantitative estimate of drug-likeness (QED) is 0.138. The normalized spacial score (nSPS) is 13.5. The van der Waals surface area contributed by atoms with Crippen molar-refractivity contribution in [2.75, 3.05) is 6.54 Å². The van der Waals surface area contributed by atoms with Gasteiger partial charge in [-0.15, -0.1) is 0 Å². The van der Waals surface area contributed by atoms with Crippen LogP contribution in [0.4, 0.5) is 31.1 Å². The Morgan fingerprint density at radius 2 is 1.55 bits per heavy atom. The lowest BCUT2D eigenvalue weighted by molar-refractivity contribution is -0.0500. The summed E-state index contributed by atoms with van der Waals surface area (Å²) >= 11 is 0. The van der Waals surface area contributed by atoms with Crippen LogP contribution in [0.5, 0.6) is 5.75 Å². The summed E-state index contributed by atoms with van der Waals surface area (Å²) in [6, 6.07) is 6.12. The second kappa shape index (κ2) is 11.9. The van der Waals surface area contributed by atoms with Crippen LogP contribution in [0, 0.1) is 11.8 Å². The van der Waals surface area contributed by atoms with E-state index in [0.29, 0.717) is 0 Å². The Kier molecular flexibility index (Phi) is 10.00. The van der Waals surface area contributed by atoms with Crippen molar-refractivity contribution >= 4 is 39.5 Å². The van der Waals surface area contributed by atoms with Crippen molar-refractivity contribution in [1.82, 2.24) is 8.87 Å². The van der Waals surface area contributed by atoms with Gasteiger partial charge in [0.05, 0.1) is 14.6 Å². The Morgan fingerprint density at radius 3 is 2.05 bits per heavy atom. The van der Waals surface area contributed by atoms with Crippen molar-refractivity contribution in [3.05, 3.63) is 47.8 Å². The highest BCUT2D eigenvalue weighted by atomic mass is 32.2. The summed E-state index contributed by atoms with van der Waals surface area (Å²) in [5, 5.41) is -0.0153. The molecule has 0 bridgehead atoms. The molecule has 9 nitrogen and oxygen atoms in total. The molecule has 2 aromatic rings. The molecule has 1 aromatic carbocycles. The largest absolute Gasteiger partial charge is 0.534 e. The number of benzene rings is 1. The number of ether oxygens (including phenoxy) is 1. The van der Waals surface area contributed by atoms with E-state index in [-0.39, 0.29) is 15.2 Å². The number of nitrogens with zero attached hydrogens (tertiary/aromatic N) is 2. The van der Waals surface area contributed by atoms with Gasteiger partial charge in [0.2, 0.25) is 0 Å². The summed E-state index contributed by atoms with van der Waals surface area (Å²) in [6.45, 7) is 7.20. The van der Waals surface area contributed by atoms with Crippen LogP contribution in [0.3, 0.4) is 0 Å². The van der Waals surface area contributed by atoms with E-state index in [4.69, 9.17) is 4.74 Å². The van der Waals surface area contributed by atoms with Gasteiger partial charge in [-0.2, -0.15) is 39.1 Å². The van der Waals surface area contributed by atoms with Crippen LogP contribution in [0.25, 0.3) is 0 Å². The van der Waals surface area contributed by atoms with Crippen molar-refractivity contribution in [2.24, 2.45) is 0 Å². The lowest BCUT2D eigenvalue weighted by atomic mass is 10.2. The predicted molar refractivity (Wildman–Crippen MR) is 143 cm³/mol. The van der Waals surface area contributed by atoms with Crippen molar-refractivity contribution in [3.63, 3.8) is 0 Å². The van der Waals surface area contributed by atoms with Crippen molar-refractivity contribution < 1.29 is 56.9 Å². The van der Waals surface area contributed by atoms with E-state index in [1.54, 1.807) is 40.4 Å². The molecule has 0 unspecified atom stereocenters. The minimum absolute atomic E-state index is 0.0153. The lowest BCUT2D eigenvalue weighted by Crippen LogP contribution is -2.43. The van der Waals surface area contributed by atoms with Crippen LogP contribution in [0.15, 0.2) is 36.5 Å². The van der Waals surface area contributed by atoms with Crippen LogP contribution in [0.1, 0.15) is 32.0 Å². The topological polar surface area (TPSA) is 112 Å². The second-order valence-electron chi connectivity index (χ2n) is 10.8. The Morgan fingerprint density at radius 1 is 0.952 bits per heavy atom. The molecule has 0 saturated heterocycles. The van der Waals surface area contributed by atoms with Crippen molar-refractivity contribution in [2.45, 2.75) is 63.6 Å². The SMILES string of the molecule is CC(C)(C)OC(=O)n1cccc1C#CCN(Cc1cccc([Si](C)(C)C)c1OS(=O)(=O)C(F)(F)F)S(=O)(=O)C(F)(F)F. The van der Waals surface area contributed by atoms with Gasteiger partial charge in [0, 0.05) is 18.3 Å². The van der Waals surface area contributed by atoms with Crippen LogP contribution in [0.2, 0.25) is 19.6 Å². The summed E-state index contributed by atoms with van der Waals surface area (Å²) in [6.07, 6.45) is 0.391. The standard InChI is InChI=1S/C24H28F6N2O7S2Si/c1-22(2,3)38-21(33)32-15-9-12-18(32)11-8-14-31(40(34,35)23(25,26)27)16-17-10-7-13-19(42(4,5)6)20(17)39-41(36,37)24(28,29)30/h7,9-10,12-13,15H,14,16H2,1-6H3. The van der Waals surface area contributed by atoms with E-state index in [1.165, 1.54) is 30.5 Å². The van der Waals surface area contributed by atoms with Gasteiger partial charge >= 0.3 is 37.3 Å². The zero-order valence-corrected chi connectivity index (χ0v) is 25.8. The molecule has 42 heavy (non-hydrogen) atoms. The van der Waals surface area contributed by atoms with Crippen LogP contribution < -0.4 is 9.37 Å². The fraction of sp³-hybridized carbons (Fsp3) is 0.458. The third-order valence-electron chi connectivity index (χ3n) is 5.17. The van der Waals surface area contributed by atoms with Crippen molar-refractivity contribution in [1.29, 1.82) is 0 Å². The second-order valence-corrected chi connectivity index (χ2v) is 19.3. The first-order chi connectivity index (χ1) is 18.8.